The van der Waals surface area contributed by atoms with Crippen molar-refractivity contribution in [1.29, 1.82) is 0 Å². The summed E-state index contributed by atoms with van der Waals surface area (Å²) in [6.45, 7) is 0. The molecule has 0 amide bonds. The smallest absolute Gasteiger partial charge is 0.103 e. The molecule has 1 aliphatic carbocycles. The SMILES string of the molecule is c1ccc(C2Nc3ccc4ccc5ccc(-c6ccc(-c7ccc8c9c(cccc79)-c7ccccc7-8)cc6)cc5c4c3S2)cc1. The van der Waals surface area contributed by atoms with E-state index in [1.165, 1.54) is 93.0 Å². The summed E-state index contributed by atoms with van der Waals surface area (Å²) in [7, 11) is 0. The zero-order chi connectivity index (χ0) is 29.5. The Morgan fingerprint density at radius 2 is 1.07 bits per heavy atom. The lowest BCUT2D eigenvalue weighted by atomic mass is 9.92. The maximum Gasteiger partial charge on any atom is 0.103 e. The van der Waals surface area contributed by atoms with E-state index in [1.54, 1.807) is 0 Å². The first-order chi connectivity index (χ1) is 22.3. The molecule has 210 valence electrons. The summed E-state index contributed by atoms with van der Waals surface area (Å²) >= 11 is 1.93. The zero-order valence-electron chi connectivity index (χ0n) is 24.4. The maximum absolute atomic E-state index is 3.77. The van der Waals surface area contributed by atoms with Gasteiger partial charge in [0, 0.05) is 16.0 Å². The van der Waals surface area contributed by atoms with Crippen LogP contribution in [0.15, 0.2) is 157 Å². The molecule has 8 aromatic carbocycles. The highest BCUT2D eigenvalue weighted by atomic mass is 32.2. The molecule has 8 aromatic rings. The predicted octanol–water partition coefficient (Wildman–Crippen LogP) is 12.3. The molecule has 0 saturated carbocycles. The second-order valence-corrected chi connectivity index (χ2v) is 13.2. The molecular weight excluding hydrogens is 563 g/mol. The third-order valence-corrected chi connectivity index (χ3v) is 10.9. The molecule has 1 nitrogen and oxygen atoms in total. The van der Waals surface area contributed by atoms with Gasteiger partial charge in [-0.3, -0.25) is 0 Å². The van der Waals surface area contributed by atoms with E-state index in [0.29, 0.717) is 0 Å². The molecule has 0 bridgehead atoms. The first kappa shape index (κ1) is 25.1. The molecule has 2 aliphatic rings. The first-order valence-electron chi connectivity index (χ1n) is 15.5. The van der Waals surface area contributed by atoms with Crippen LogP contribution in [0.1, 0.15) is 10.9 Å². The van der Waals surface area contributed by atoms with Gasteiger partial charge in [-0.2, -0.15) is 0 Å². The molecule has 45 heavy (non-hydrogen) atoms. The van der Waals surface area contributed by atoms with Gasteiger partial charge in [0.05, 0.1) is 0 Å². The minimum absolute atomic E-state index is 0.220. The van der Waals surface area contributed by atoms with Crippen molar-refractivity contribution in [1.82, 2.24) is 0 Å². The van der Waals surface area contributed by atoms with Crippen LogP contribution in [-0.2, 0) is 0 Å². The van der Waals surface area contributed by atoms with Crippen molar-refractivity contribution in [2.75, 3.05) is 5.32 Å². The van der Waals surface area contributed by atoms with Gasteiger partial charge in [-0.1, -0.05) is 151 Å². The lowest BCUT2D eigenvalue weighted by Gasteiger charge is -2.12. The number of benzene rings is 8. The topological polar surface area (TPSA) is 12.0 Å². The molecular formula is C43H27NS. The fraction of sp³-hybridized carbons (Fsp3) is 0.0233. The van der Waals surface area contributed by atoms with Gasteiger partial charge in [0.15, 0.2) is 0 Å². The summed E-state index contributed by atoms with van der Waals surface area (Å²) in [4.78, 5) is 1.34. The highest BCUT2D eigenvalue weighted by Gasteiger charge is 2.26. The Morgan fingerprint density at radius 1 is 0.422 bits per heavy atom. The van der Waals surface area contributed by atoms with Gasteiger partial charge in [0.2, 0.25) is 0 Å². The normalized spacial score (nSPS) is 14.5. The predicted molar refractivity (Wildman–Crippen MR) is 193 cm³/mol. The van der Waals surface area contributed by atoms with Gasteiger partial charge in [-0.15, -0.1) is 0 Å². The average molecular weight is 590 g/mol. The summed E-state index contributed by atoms with van der Waals surface area (Å²) in [6, 6.07) is 56.0. The van der Waals surface area contributed by atoms with Crippen LogP contribution in [-0.4, -0.2) is 0 Å². The minimum atomic E-state index is 0.220. The van der Waals surface area contributed by atoms with E-state index < -0.39 is 0 Å². The van der Waals surface area contributed by atoms with Crippen molar-refractivity contribution in [3.8, 4) is 44.5 Å². The van der Waals surface area contributed by atoms with Gasteiger partial charge in [0.25, 0.3) is 0 Å². The summed E-state index contributed by atoms with van der Waals surface area (Å²) in [5, 5.41) is 11.9. The van der Waals surface area contributed by atoms with E-state index in [9.17, 15) is 0 Å². The number of nitrogens with one attached hydrogen (secondary N) is 1. The largest absolute Gasteiger partial charge is 0.368 e. The number of rotatable bonds is 3. The van der Waals surface area contributed by atoms with E-state index in [1.807, 2.05) is 11.8 Å². The van der Waals surface area contributed by atoms with E-state index in [0.717, 1.165) is 0 Å². The fourth-order valence-corrected chi connectivity index (χ4v) is 8.81. The van der Waals surface area contributed by atoms with Crippen LogP contribution >= 0.6 is 11.8 Å². The Balaban J connectivity index is 1.05. The van der Waals surface area contributed by atoms with Crippen LogP contribution in [0.4, 0.5) is 5.69 Å². The van der Waals surface area contributed by atoms with Gasteiger partial charge in [0.1, 0.15) is 5.37 Å². The van der Waals surface area contributed by atoms with Crippen LogP contribution in [0.3, 0.4) is 0 Å². The lowest BCUT2D eigenvalue weighted by Crippen LogP contribution is -2.00. The van der Waals surface area contributed by atoms with Crippen molar-refractivity contribution < 1.29 is 0 Å². The van der Waals surface area contributed by atoms with Gasteiger partial charge < -0.3 is 5.32 Å². The highest BCUT2D eigenvalue weighted by molar-refractivity contribution is 8.00. The molecule has 2 heteroatoms. The standard InChI is InChI=1S/C43H27NS/c1-2-7-30(8-3-1)43-44-39-24-21-29-19-17-28-18-20-31(25-38(28)40(29)42(39)45-43)26-13-15-27(16-14-26)32-22-23-37-34-10-5-4-9-33(34)36-12-6-11-35(32)41(36)37/h1-25,43-44H. The van der Waals surface area contributed by atoms with Crippen molar-refractivity contribution in [3.05, 3.63) is 157 Å². The van der Waals surface area contributed by atoms with Crippen LogP contribution in [0.5, 0.6) is 0 Å². The monoisotopic (exact) mass is 589 g/mol. The molecule has 10 rings (SSSR count). The van der Waals surface area contributed by atoms with E-state index in [4.69, 9.17) is 0 Å². The van der Waals surface area contributed by atoms with Gasteiger partial charge >= 0.3 is 0 Å². The quantitative estimate of drug-likeness (QED) is 0.206. The van der Waals surface area contributed by atoms with Crippen molar-refractivity contribution in [2.24, 2.45) is 0 Å². The molecule has 1 aliphatic heterocycles. The van der Waals surface area contributed by atoms with E-state index in [2.05, 4.69) is 157 Å². The molecule has 0 aromatic heterocycles. The molecule has 1 heterocycles. The molecule has 0 spiro atoms. The van der Waals surface area contributed by atoms with E-state index >= 15 is 0 Å². The average Bonchev–Trinajstić information content (AvgIpc) is 3.69. The van der Waals surface area contributed by atoms with Gasteiger partial charge in [-0.05, 0) is 89.1 Å². The molecule has 0 radical (unpaired) electrons. The van der Waals surface area contributed by atoms with Crippen molar-refractivity contribution in [3.63, 3.8) is 0 Å². The molecule has 0 saturated heterocycles. The van der Waals surface area contributed by atoms with E-state index in [-0.39, 0.29) is 5.37 Å². The Morgan fingerprint density at radius 3 is 1.91 bits per heavy atom. The summed E-state index contributed by atoms with van der Waals surface area (Å²) < 4.78 is 0. The van der Waals surface area contributed by atoms with Crippen LogP contribution in [0.2, 0.25) is 0 Å². The zero-order valence-corrected chi connectivity index (χ0v) is 25.2. The minimum Gasteiger partial charge on any atom is -0.368 e. The van der Waals surface area contributed by atoms with Crippen molar-refractivity contribution >= 4 is 49.8 Å². The Labute approximate surface area is 266 Å². The van der Waals surface area contributed by atoms with Crippen LogP contribution < -0.4 is 5.32 Å². The number of fused-ring (bicyclic) bond motifs is 8. The summed E-state index contributed by atoms with van der Waals surface area (Å²) in [5.41, 5.74) is 12.9. The third kappa shape index (κ3) is 3.76. The summed E-state index contributed by atoms with van der Waals surface area (Å²) in [6.07, 6.45) is 0. The van der Waals surface area contributed by atoms with Crippen molar-refractivity contribution in [2.45, 2.75) is 10.3 Å². The Bertz CT molecular complexity index is 2450. The molecule has 1 atom stereocenters. The first-order valence-corrected chi connectivity index (χ1v) is 16.4. The highest BCUT2D eigenvalue weighted by Crippen LogP contribution is 2.52. The number of thioether (sulfide) groups is 1. The summed E-state index contributed by atoms with van der Waals surface area (Å²) in [5.74, 6) is 0. The fourth-order valence-electron chi connectivity index (χ4n) is 7.50. The van der Waals surface area contributed by atoms with Crippen LogP contribution in [0, 0.1) is 0 Å². The molecule has 1 N–H and O–H groups in total. The Hall–Kier alpha value is -5.31. The molecule has 1 unspecified atom stereocenters. The molecule has 0 fully saturated rings. The van der Waals surface area contributed by atoms with Gasteiger partial charge in [-0.25, -0.2) is 0 Å². The Kier molecular flexibility index (Phi) is 5.34. The number of hydrogen-bond donors (Lipinski definition) is 1. The third-order valence-electron chi connectivity index (χ3n) is 9.66. The number of hydrogen-bond acceptors (Lipinski definition) is 2. The lowest BCUT2D eigenvalue weighted by molar-refractivity contribution is 1.14. The second kappa shape index (κ2) is 9.59. The second-order valence-electron chi connectivity index (χ2n) is 12.1. The maximum atomic E-state index is 3.77. The van der Waals surface area contributed by atoms with Crippen LogP contribution in [0.25, 0.3) is 76.8 Å². The number of anilines is 1.